The van der Waals surface area contributed by atoms with Gasteiger partial charge in [-0.25, -0.2) is 0 Å². The van der Waals surface area contributed by atoms with Crippen LogP contribution in [0.3, 0.4) is 0 Å². The molecule has 70 valence electrons. The summed E-state index contributed by atoms with van der Waals surface area (Å²) >= 11 is 0. The van der Waals surface area contributed by atoms with E-state index in [1.54, 1.807) is 0 Å². The molecular formula is C8H14Cl2N2. The van der Waals surface area contributed by atoms with Crippen molar-refractivity contribution < 1.29 is 0 Å². The average molecular weight is 209 g/mol. The van der Waals surface area contributed by atoms with Crippen molar-refractivity contribution in [1.29, 1.82) is 0 Å². The van der Waals surface area contributed by atoms with Gasteiger partial charge in [-0.1, -0.05) is 18.2 Å². The van der Waals surface area contributed by atoms with Crippen LogP contribution in [0.15, 0.2) is 24.3 Å². The average Bonchev–Trinajstić information content (AvgIpc) is 2.04. The van der Waals surface area contributed by atoms with E-state index in [1.165, 1.54) is 0 Å². The van der Waals surface area contributed by atoms with Crippen LogP contribution in [0.2, 0.25) is 0 Å². The molecule has 0 aliphatic carbocycles. The maximum absolute atomic E-state index is 5.49. The van der Waals surface area contributed by atoms with Crippen LogP contribution in [0.5, 0.6) is 0 Å². The summed E-state index contributed by atoms with van der Waals surface area (Å²) in [6, 6.07) is 8.02. The highest BCUT2D eigenvalue weighted by molar-refractivity contribution is 5.85. The van der Waals surface area contributed by atoms with Gasteiger partial charge in [-0.2, -0.15) is 0 Å². The minimum Gasteiger partial charge on any atom is -0.388 e. The lowest BCUT2D eigenvalue weighted by Crippen LogP contribution is -2.00. The first-order valence-electron chi connectivity index (χ1n) is 3.34. The van der Waals surface area contributed by atoms with Crippen LogP contribution in [0.25, 0.3) is 0 Å². The molecule has 0 fully saturated rings. The van der Waals surface area contributed by atoms with E-state index in [9.17, 15) is 0 Å². The fourth-order valence-corrected chi connectivity index (χ4v) is 0.942. The molecule has 4 heteroatoms. The molecule has 0 aromatic heterocycles. The van der Waals surface area contributed by atoms with Gasteiger partial charge in [0.1, 0.15) is 0 Å². The van der Waals surface area contributed by atoms with E-state index in [0.29, 0.717) is 6.54 Å². The van der Waals surface area contributed by atoms with Crippen molar-refractivity contribution in [2.75, 3.05) is 12.4 Å². The molecule has 0 saturated heterocycles. The SMILES string of the molecule is CNc1ccccc1CN.Cl.Cl. The zero-order valence-corrected chi connectivity index (χ0v) is 8.54. The van der Waals surface area contributed by atoms with E-state index < -0.39 is 0 Å². The topological polar surface area (TPSA) is 38.0 Å². The first-order valence-corrected chi connectivity index (χ1v) is 3.34. The molecule has 0 saturated carbocycles. The fraction of sp³-hybridized carbons (Fsp3) is 0.250. The first kappa shape index (κ1) is 14.1. The summed E-state index contributed by atoms with van der Waals surface area (Å²) in [6.45, 7) is 0.594. The monoisotopic (exact) mass is 208 g/mol. The minimum absolute atomic E-state index is 0. The van der Waals surface area contributed by atoms with E-state index in [0.717, 1.165) is 11.3 Å². The van der Waals surface area contributed by atoms with Gasteiger partial charge in [0.25, 0.3) is 0 Å². The minimum atomic E-state index is 0. The summed E-state index contributed by atoms with van der Waals surface area (Å²) in [4.78, 5) is 0. The zero-order valence-electron chi connectivity index (χ0n) is 6.91. The third-order valence-corrected chi connectivity index (χ3v) is 1.51. The summed E-state index contributed by atoms with van der Waals surface area (Å²) in [5, 5.41) is 3.07. The third kappa shape index (κ3) is 3.30. The van der Waals surface area contributed by atoms with Crippen molar-refractivity contribution in [2.24, 2.45) is 5.73 Å². The van der Waals surface area contributed by atoms with Crippen LogP contribution < -0.4 is 11.1 Å². The Labute approximate surface area is 85.4 Å². The Kier molecular flexibility index (Phi) is 8.49. The first-order chi connectivity index (χ1) is 4.88. The maximum atomic E-state index is 5.49. The summed E-state index contributed by atoms with van der Waals surface area (Å²) in [5.74, 6) is 0. The van der Waals surface area contributed by atoms with Crippen molar-refractivity contribution in [3.8, 4) is 0 Å². The molecule has 1 rings (SSSR count). The number of halogens is 2. The van der Waals surface area contributed by atoms with Gasteiger partial charge in [-0.15, -0.1) is 24.8 Å². The molecule has 0 unspecified atom stereocenters. The van der Waals surface area contributed by atoms with Gasteiger partial charge in [-0.3, -0.25) is 0 Å². The highest BCUT2D eigenvalue weighted by atomic mass is 35.5. The van der Waals surface area contributed by atoms with Crippen LogP contribution in [-0.4, -0.2) is 7.05 Å². The Morgan fingerprint density at radius 3 is 2.25 bits per heavy atom. The molecular weight excluding hydrogens is 195 g/mol. The highest BCUT2D eigenvalue weighted by Gasteiger charge is 1.93. The number of benzene rings is 1. The largest absolute Gasteiger partial charge is 0.388 e. The zero-order chi connectivity index (χ0) is 7.40. The number of nitrogens with one attached hydrogen (secondary N) is 1. The molecule has 12 heavy (non-hydrogen) atoms. The number of hydrogen-bond acceptors (Lipinski definition) is 2. The van der Waals surface area contributed by atoms with Gasteiger partial charge in [0, 0.05) is 19.3 Å². The van der Waals surface area contributed by atoms with Gasteiger partial charge < -0.3 is 11.1 Å². The van der Waals surface area contributed by atoms with Crippen LogP contribution in [0.1, 0.15) is 5.56 Å². The Balaban J connectivity index is 0. The Morgan fingerprint density at radius 1 is 1.25 bits per heavy atom. The Hall–Kier alpha value is -0.440. The van der Waals surface area contributed by atoms with E-state index in [4.69, 9.17) is 5.73 Å². The normalized spacial score (nSPS) is 7.83. The van der Waals surface area contributed by atoms with E-state index >= 15 is 0 Å². The number of rotatable bonds is 2. The standard InChI is InChI=1S/C8H12N2.2ClH/c1-10-8-5-3-2-4-7(8)6-9;;/h2-5,10H,6,9H2,1H3;2*1H. The lowest BCUT2D eigenvalue weighted by molar-refractivity contribution is 1.07. The smallest absolute Gasteiger partial charge is 0.0383 e. The molecule has 0 aliphatic rings. The number of hydrogen-bond donors (Lipinski definition) is 2. The molecule has 0 bridgehead atoms. The molecule has 3 N–H and O–H groups in total. The molecule has 1 aromatic rings. The summed E-state index contributed by atoms with van der Waals surface area (Å²) in [5.41, 5.74) is 7.76. The fourth-order valence-electron chi connectivity index (χ4n) is 0.942. The van der Waals surface area contributed by atoms with Crippen LogP contribution in [-0.2, 0) is 6.54 Å². The highest BCUT2D eigenvalue weighted by Crippen LogP contribution is 2.12. The second kappa shape index (κ2) is 7.22. The predicted molar refractivity (Wildman–Crippen MR) is 58.4 cm³/mol. The van der Waals surface area contributed by atoms with Crippen molar-refractivity contribution in [1.82, 2.24) is 0 Å². The van der Waals surface area contributed by atoms with Crippen molar-refractivity contribution in [2.45, 2.75) is 6.54 Å². The van der Waals surface area contributed by atoms with Crippen molar-refractivity contribution in [3.63, 3.8) is 0 Å². The summed E-state index contributed by atoms with van der Waals surface area (Å²) in [7, 11) is 1.90. The van der Waals surface area contributed by atoms with Gasteiger partial charge in [0.05, 0.1) is 0 Å². The van der Waals surface area contributed by atoms with E-state index in [2.05, 4.69) is 5.32 Å². The maximum Gasteiger partial charge on any atom is 0.0383 e. The molecule has 0 amide bonds. The molecule has 2 nitrogen and oxygen atoms in total. The molecule has 0 atom stereocenters. The van der Waals surface area contributed by atoms with Crippen LogP contribution in [0, 0.1) is 0 Å². The third-order valence-electron chi connectivity index (χ3n) is 1.51. The van der Waals surface area contributed by atoms with Gasteiger partial charge >= 0.3 is 0 Å². The lowest BCUT2D eigenvalue weighted by atomic mass is 10.2. The Morgan fingerprint density at radius 2 is 1.83 bits per heavy atom. The lowest BCUT2D eigenvalue weighted by Gasteiger charge is -2.04. The number of para-hydroxylation sites is 1. The van der Waals surface area contributed by atoms with Crippen molar-refractivity contribution in [3.05, 3.63) is 29.8 Å². The Bertz CT molecular complexity index is 193. The molecule has 0 heterocycles. The second-order valence-electron chi connectivity index (χ2n) is 2.11. The quantitative estimate of drug-likeness (QED) is 0.782. The molecule has 0 spiro atoms. The van der Waals surface area contributed by atoms with E-state index in [1.807, 2.05) is 31.3 Å². The van der Waals surface area contributed by atoms with Gasteiger partial charge in [-0.05, 0) is 11.6 Å². The van der Waals surface area contributed by atoms with Gasteiger partial charge in [0.15, 0.2) is 0 Å². The van der Waals surface area contributed by atoms with Crippen LogP contribution in [0.4, 0.5) is 5.69 Å². The van der Waals surface area contributed by atoms with Crippen LogP contribution >= 0.6 is 24.8 Å². The summed E-state index contributed by atoms with van der Waals surface area (Å²) in [6.07, 6.45) is 0. The summed E-state index contributed by atoms with van der Waals surface area (Å²) < 4.78 is 0. The molecule has 1 aromatic carbocycles. The molecule has 0 aliphatic heterocycles. The predicted octanol–water partition coefficient (Wildman–Crippen LogP) is 2.03. The van der Waals surface area contributed by atoms with Gasteiger partial charge in [0.2, 0.25) is 0 Å². The molecule has 0 radical (unpaired) electrons. The number of anilines is 1. The second-order valence-corrected chi connectivity index (χ2v) is 2.11. The van der Waals surface area contributed by atoms with Crippen molar-refractivity contribution >= 4 is 30.5 Å². The number of nitrogens with two attached hydrogens (primary N) is 1. The van der Waals surface area contributed by atoms with E-state index in [-0.39, 0.29) is 24.8 Å².